The van der Waals surface area contributed by atoms with Gasteiger partial charge in [0.25, 0.3) is 5.91 Å². The van der Waals surface area contributed by atoms with Crippen LogP contribution in [0.1, 0.15) is 52.9 Å². The van der Waals surface area contributed by atoms with Gasteiger partial charge in [0.2, 0.25) is 5.91 Å². The number of hydrogen-bond donors (Lipinski definition) is 4. The normalized spacial score (nSPS) is 23.5. The summed E-state index contributed by atoms with van der Waals surface area (Å²) in [6.45, 7) is 6.17. The molecule has 7 nitrogen and oxygen atoms in total. The van der Waals surface area contributed by atoms with E-state index < -0.39 is 12.0 Å². The summed E-state index contributed by atoms with van der Waals surface area (Å²) in [4.78, 5) is 34.9. The number of rotatable bonds is 8. The molecule has 0 aromatic rings. The zero-order valence-electron chi connectivity index (χ0n) is 15.4. The van der Waals surface area contributed by atoms with Crippen LogP contribution in [0.4, 0.5) is 0 Å². The van der Waals surface area contributed by atoms with E-state index in [1.165, 1.54) is 6.92 Å². The maximum Gasteiger partial charge on any atom is 0.325 e. The minimum atomic E-state index is -1.02. The first-order valence-corrected chi connectivity index (χ1v) is 8.90. The molecule has 1 aliphatic carbocycles. The van der Waals surface area contributed by atoms with Gasteiger partial charge in [0.15, 0.2) is 6.04 Å². The van der Waals surface area contributed by atoms with Crippen LogP contribution in [0.25, 0.3) is 0 Å². The zero-order valence-corrected chi connectivity index (χ0v) is 16.1. The third kappa shape index (κ3) is 7.61. The Morgan fingerprint density at radius 2 is 1.72 bits per heavy atom. The summed E-state index contributed by atoms with van der Waals surface area (Å²) in [5, 5.41) is 14.3. The van der Waals surface area contributed by atoms with E-state index in [2.05, 4.69) is 16.4 Å². The third-order valence-electron chi connectivity index (χ3n) is 5.18. The first kappa shape index (κ1) is 23.7. The van der Waals surface area contributed by atoms with Crippen LogP contribution in [0.2, 0.25) is 0 Å². The van der Waals surface area contributed by atoms with Crippen molar-refractivity contribution >= 4 is 17.8 Å². The molecule has 8 heteroatoms. The number of halogens is 1. The zero-order chi connectivity index (χ0) is 18.3. The van der Waals surface area contributed by atoms with E-state index >= 15 is 0 Å². The van der Waals surface area contributed by atoms with Gasteiger partial charge in [-0.15, -0.1) is 0 Å². The number of carboxylic acid groups (broad SMARTS) is 1. The quantitative estimate of drug-likeness (QED) is 0.364. The van der Waals surface area contributed by atoms with E-state index in [0.717, 1.165) is 32.1 Å². The van der Waals surface area contributed by atoms with E-state index in [1.807, 2.05) is 13.8 Å². The molecule has 0 aliphatic heterocycles. The lowest BCUT2D eigenvalue weighted by molar-refractivity contribution is -0.415. The van der Waals surface area contributed by atoms with Gasteiger partial charge in [0.05, 0.1) is 0 Å². The summed E-state index contributed by atoms with van der Waals surface area (Å²) in [5.74, 6) is -0.690. The van der Waals surface area contributed by atoms with Gasteiger partial charge in [-0.25, -0.2) is 0 Å². The van der Waals surface area contributed by atoms with Gasteiger partial charge in [-0.1, -0.05) is 13.8 Å². The van der Waals surface area contributed by atoms with Crippen molar-refractivity contribution in [2.24, 2.45) is 17.8 Å². The van der Waals surface area contributed by atoms with Crippen molar-refractivity contribution < 1.29 is 37.6 Å². The summed E-state index contributed by atoms with van der Waals surface area (Å²) >= 11 is 0. The van der Waals surface area contributed by atoms with Crippen LogP contribution in [0, 0.1) is 17.8 Å². The minimum absolute atomic E-state index is 0. The molecular formula is C17H32ClN3O4. The van der Waals surface area contributed by atoms with Crippen molar-refractivity contribution in [3.63, 3.8) is 0 Å². The van der Waals surface area contributed by atoms with E-state index in [0.29, 0.717) is 12.5 Å². The average Bonchev–Trinajstić information content (AvgIpc) is 2.58. The monoisotopic (exact) mass is 377 g/mol. The lowest BCUT2D eigenvalue weighted by Gasteiger charge is -2.28. The molecule has 1 unspecified atom stereocenters. The fourth-order valence-electron chi connectivity index (χ4n) is 2.94. The molecule has 0 aromatic carbocycles. The number of amides is 2. The lowest BCUT2D eigenvalue weighted by Crippen LogP contribution is -3.00. The fourth-order valence-corrected chi connectivity index (χ4v) is 2.94. The Morgan fingerprint density at radius 3 is 2.20 bits per heavy atom. The van der Waals surface area contributed by atoms with E-state index in [1.54, 1.807) is 0 Å². The number of hydrogen-bond acceptors (Lipinski definition) is 3. The molecule has 0 saturated heterocycles. The van der Waals surface area contributed by atoms with Crippen LogP contribution in [0.5, 0.6) is 0 Å². The molecule has 25 heavy (non-hydrogen) atoms. The van der Waals surface area contributed by atoms with Crippen LogP contribution in [0.15, 0.2) is 0 Å². The molecule has 0 radical (unpaired) electrons. The molecule has 3 atom stereocenters. The second kappa shape index (κ2) is 11.3. The summed E-state index contributed by atoms with van der Waals surface area (Å²) in [6, 6.07) is -1.08. The lowest BCUT2D eigenvalue weighted by atomic mass is 9.81. The number of carbonyl (C=O) groups is 3. The molecule has 1 saturated carbocycles. The molecule has 0 heterocycles. The second-order valence-corrected chi connectivity index (χ2v) is 7.02. The highest BCUT2D eigenvalue weighted by Gasteiger charge is 2.29. The topological polar surface area (TPSA) is 123 Å². The van der Waals surface area contributed by atoms with Gasteiger partial charge >= 0.3 is 5.97 Å². The number of carboxylic acids is 1. The fraction of sp³-hybridized carbons (Fsp3) is 0.824. The summed E-state index contributed by atoms with van der Waals surface area (Å²) in [6.07, 6.45) is 4.13. The standard InChI is InChI=1S/C17H31N3O4.ClH/c1-4-10(2)14(18)16(22)19-9-12-5-7-13(8-6-12)15(21)20-11(3)17(23)24;/h10-14H,4-9,18H2,1-3H3,(H,19,22)(H,20,21)(H,23,24);1H/t10?,11-,12?,13?,14-;/m0./s1. The van der Waals surface area contributed by atoms with Gasteiger partial charge in [0.1, 0.15) is 6.04 Å². The Kier molecular flexibility index (Phi) is 10.7. The maximum absolute atomic E-state index is 12.1. The van der Waals surface area contributed by atoms with E-state index in [-0.39, 0.29) is 42.1 Å². The summed E-state index contributed by atoms with van der Waals surface area (Å²) < 4.78 is 0. The third-order valence-corrected chi connectivity index (χ3v) is 5.18. The van der Waals surface area contributed by atoms with Crippen molar-refractivity contribution in [3.8, 4) is 0 Å². The molecule has 6 N–H and O–H groups in total. The molecule has 2 amide bonds. The highest BCUT2D eigenvalue weighted by atomic mass is 35.5. The maximum atomic E-state index is 12.1. The Balaban J connectivity index is 0.00000576. The Bertz CT molecular complexity index is 453. The summed E-state index contributed by atoms with van der Waals surface area (Å²) in [7, 11) is 0. The number of aliphatic carboxylic acids is 1. The SMILES string of the molecule is CCC(C)[C@H]([NH3+])C(=O)NCC1CCC(C(=O)N[C@@H](C)C(=O)O)CC1.[Cl-]. The number of carbonyl (C=O) groups excluding carboxylic acids is 2. The Morgan fingerprint density at radius 1 is 1.16 bits per heavy atom. The molecule has 0 aromatic heterocycles. The molecule has 1 aliphatic rings. The van der Waals surface area contributed by atoms with Gasteiger partial charge in [-0.2, -0.15) is 0 Å². The first-order valence-electron chi connectivity index (χ1n) is 8.90. The molecule has 1 fully saturated rings. The van der Waals surface area contributed by atoms with Crippen molar-refractivity contribution in [1.29, 1.82) is 0 Å². The van der Waals surface area contributed by atoms with Gasteiger partial charge < -0.3 is 33.9 Å². The first-order chi connectivity index (χ1) is 11.3. The van der Waals surface area contributed by atoms with Crippen LogP contribution < -0.4 is 28.8 Å². The van der Waals surface area contributed by atoms with Gasteiger partial charge in [-0.05, 0) is 44.9 Å². The average molecular weight is 378 g/mol. The van der Waals surface area contributed by atoms with Gasteiger partial charge in [-0.3, -0.25) is 14.4 Å². The molecular weight excluding hydrogens is 346 g/mol. The van der Waals surface area contributed by atoms with E-state index in [9.17, 15) is 14.4 Å². The molecule has 146 valence electrons. The number of quaternary nitrogens is 1. The van der Waals surface area contributed by atoms with Crippen LogP contribution >= 0.6 is 0 Å². The smallest absolute Gasteiger partial charge is 0.325 e. The van der Waals surface area contributed by atoms with Crippen LogP contribution in [-0.4, -0.2) is 41.5 Å². The van der Waals surface area contributed by atoms with Crippen LogP contribution in [0.3, 0.4) is 0 Å². The predicted molar refractivity (Wildman–Crippen MR) is 89.8 cm³/mol. The largest absolute Gasteiger partial charge is 1.00 e. The van der Waals surface area contributed by atoms with E-state index in [4.69, 9.17) is 5.11 Å². The molecule has 0 bridgehead atoms. The predicted octanol–water partition coefficient (Wildman–Crippen LogP) is -2.84. The van der Waals surface area contributed by atoms with Crippen molar-refractivity contribution in [1.82, 2.24) is 10.6 Å². The minimum Gasteiger partial charge on any atom is -1.00 e. The Hall–Kier alpha value is -1.34. The number of nitrogens with one attached hydrogen (secondary N) is 2. The molecule has 0 spiro atoms. The molecule has 1 rings (SSSR count). The highest BCUT2D eigenvalue weighted by molar-refractivity contribution is 5.84. The van der Waals surface area contributed by atoms with Crippen molar-refractivity contribution in [3.05, 3.63) is 0 Å². The van der Waals surface area contributed by atoms with Gasteiger partial charge in [0, 0.05) is 18.4 Å². The summed E-state index contributed by atoms with van der Waals surface area (Å²) in [5.41, 5.74) is 3.94. The van der Waals surface area contributed by atoms with Crippen molar-refractivity contribution in [2.75, 3.05) is 6.54 Å². The highest BCUT2D eigenvalue weighted by Crippen LogP contribution is 2.28. The van der Waals surface area contributed by atoms with Crippen molar-refractivity contribution in [2.45, 2.75) is 65.0 Å². The van der Waals surface area contributed by atoms with Crippen LogP contribution in [-0.2, 0) is 14.4 Å². The second-order valence-electron chi connectivity index (χ2n) is 7.02. The Labute approximate surface area is 155 Å².